The Bertz CT molecular complexity index is 458. The monoisotopic (exact) mass is 313 g/mol. The molecule has 1 aromatic rings. The molecule has 0 saturated heterocycles. The number of rotatable bonds is 7. The van der Waals surface area contributed by atoms with E-state index in [9.17, 15) is 9.90 Å². The summed E-state index contributed by atoms with van der Waals surface area (Å²) in [6, 6.07) is -0.413. The summed E-state index contributed by atoms with van der Waals surface area (Å²) in [7, 11) is 0. The van der Waals surface area contributed by atoms with Crippen LogP contribution in [0.15, 0.2) is 6.20 Å². The number of carbonyl (C=O) groups is 1. The van der Waals surface area contributed by atoms with Crippen LogP contribution in [0.2, 0.25) is 0 Å². The summed E-state index contributed by atoms with van der Waals surface area (Å²) in [5.74, 6) is 0.540. The average Bonchev–Trinajstić information content (AvgIpc) is 2.81. The normalized spacial score (nSPS) is 15.6. The van der Waals surface area contributed by atoms with E-state index in [0.29, 0.717) is 12.3 Å². The van der Waals surface area contributed by atoms with Gasteiger partial charge in [0.2, 0.25) is 0 Å². The highest BCUT2D eigenvalue weighted by Crippen LogP contribution is 2.19. The maximum atomic E-state index is 11.9. The van der Waals surface area contributed by atoms with E-state index in [1.54, 1.807) is 24.5 Å². The highest BCUT2D eigenvalue weighted by atomic mass is 32.1. The van der Waals surface area contributed by atoms with E-state index in [1.807, 2.05) is 13.8 Å². The third-order valence-electron chi connectivity index (χ3n) is 3.25. The molecule has 21 heavy (non-hydrogen) atoms. The highest BCUT2D eigenvalue weighted by molar-refractivity contribution is 7.11. The van der Waals surface area contributed by atoms with E-state index < -0.39 is 5.60 Å². The summed E-state index contributed by atoms with van der Waals surface area (Å²) in [5.41, 5.74) is -0.872. The number of hydrogen-bond acceptors (Lipinski definition) is 4. The maximum Gasteiger partial charge on any atom is 0.315 e. The lowest BCUT2D eigenvalue weighted by Gasteiger charge is -2.25. The molecule has 0 aliphatic rings. The Hall–Kier alpha value is -1.14. The molecule has 0 aromatic carbocycles. The third kappa shape index (κ3) is 6.91. The van der Waals surface area contributed by atoms with Gasteiger partial charge in [-0.15, -0.1) is 11.3 Å². The van der Waals surface area contributed by atoms with Gasteiger partial charge in [-0.1, -0.05) is 13.8 Å². The van der Waals surface area contributed by atoms with Crippen LogP contribution in [0.4, 0.5) is 4.79 Å². The summed E-state index contributed by atoms with van der Waals surface area (Å²) in [5, 5.41) is 16.7. The van der Waals surface area contributed by atoms with Crippen LogP contribution in [0.3, 0.4) is 0 Å². The van der Waals surface area contributed by atoms with Crippen molar-refractivity contribution < 1.29 is 9.90 Å². The molecule has 1 heterocycles. The van der Waals surface area contributed by atoms with Gasteiger partial charge < -0.3 is 15.7 Å². The molecular formula is C15H27N3O2S. The number of carbonyl (C=O) groups excluding carboxylic acids is 1. The number of urea groups is 1. The summed E-state index contributed by atoms with van der Waals surface area (Å²) in [6.07, 6.45) is 3.41. The zero-order chi connectivity index (χ0) is 16.0. The van der Waals surface area contributed by atoms with Crippen LogP contribution in [0.1, 0.15) is 56.5 Å². The first-order chi connectivity index (χ1) is 9.69. The minimum absolute atomic E-state index is 0.135. The van der Waals surface area contributed by atoms with Crippen molar-refractivity contribution in [3.63, 3.8) is 0 Å². The molecule has 0 aliphatic heterocycles. The van der Waals surface area contributed by atoms with Gasteiger partial charge >= 0.3 is 6.03 Å². The lowest BCUT2D eigenvalue weighted by molar-refractivity contribution is 0.0476. The average molecular weight is 313 g/mol. The molecule has 3 N–H and O–H groups in total. The fraction of sp³-hybridized carbons (Fsp3) is 0.733. The van der Waals surface area contributed by atoms with Crippen LogP contribution in [-0.4, -0.2) is 28.3 Å². The van der Waals surface area contributed by atoms with Crippen LogP contribution in [0.25, 0.3) is 0 Å². The van der Waals surface area contributed by atoms with Gasteiger partial charge in [0.15, 0.2) is 0 Å². The number of thiazole rings is 1. The second kappa shape index (κ2) is 7.75. The van der Waals surface area contributed by atoms with Gasteiger partial charge in [0, 0.05) is 17.6 Å². The molecule has 0 saturated carbocycles. The molecule has 5 nitrogen and oxygen atoms in total. The van der Waals surface area contributed by atoms with Gasteiger partial charge in [-0.3, -0.25) is 0 Å². The lowest BCUT2D eigenvalue weighted by atomic mass is 9.95. The molecule has 6 heteroatoms. The highest BCUT2D eigenvalue weighted by Gasteiger charge is 2.22. The van der Waals surface area contributed by atoms with Gasteiger partial charge in [-0.25, -0.2) is 9.78 Å². The summed E-state index contributed by atoms with van der Waals surface area (Å²) in [6.45, 7) is 10.1. The largest absolute Gasteiger partial charge is 0.388 e. The first-order valence-electron chi connectivity index (χ1n) is 7.38. The van der Waals surface area contributed by atoms with Crippen LogP contribution < -0.4 is 10.6 Å². The van der Waals surface area contributed by atoms with Gasteiger partial charge in [0.25, 0.3) is 0 Å². The zero-order valence-corrected chi connectivity index (χ0v) is 14.4. The maximum absolute atomic E-state index is 11.9. The molecule has 1 rings (SSSR count). The zero-order valence-electron chi connectivity index (χ0n) is 13.6. The van der Waals surface area contributed by atoms with Crippen molar-refractivity contribution >= 4 is 17.4 Å². The van der Waals surface area contributed by atoms with Crippen molar-refractivity contribution in [2.75, 3.05) is 6.54 Å². The van der Waals surface area contributed by atoms with Crippen LogP contribution in [0.5, 0.6) is 0 Å². The van der Waals surface area contributed by atoms with Crippen LogP contribution >= 0.6 is 11.3 Å². The first kappa shape index (κ1) is 17.9. The second-order valence-electron chi connectivity index (χ2n) is 6.29. The molecule has 0 spiro atoms. The standard InChI is InChI=1S/C15H27N3O2S/c1-10(2)6-7-15(5,20)9-17-14(19)18-12(4)13-16-8-11(3)21-13/h8,10,12,20H,6-7,9H2,1-5H3,(H2,17,18,19). The molecule has 2 atom stereocenters. The smallest absolute Gasteiger partial charge is 0.315 e. The Kier molecular flexibility index (Phi) is 6.61. The lowest BCUT2D eigenvalue weighted by Crippen LogP contribution is -2.45. The predicted molar refractivity (Wildman–Crippen MR) is 86.5 cm³/mol. The quantitative estimate of drug-likeness (QED) is 0.724. The van der Waals surface area contributed by atoms with Crippen LogP contribution in [0, 0.1) is 12.8 Å². The van der Waals surface area contributed by atoms with Gasteiger partial charge in [-0.2, -0.15) is 0 Å². The van der Waals surface area contributed by atoms with E-state index in [0.717, 1.165) is 16.3 Å². The fourth-order valence-electron chi connectivity index (χ4n) is 1.84. The van der Waals surface area contributed by atoms with Crippen molar-refractivity contribution in [1.29, 1.82) is 0 Å². The number of aromatic nitrogens is 1. The number of nitrogens with zero attached hydrogens (tertiary/aromatic N) is 1. The molecule has 0 fully saturated rings. The number of hydrogen-bond donors (Lipinski definition) is 3. The molecule has 2 amide bonds. The van der Waals surface area contributed by atoms with Gasteiger partial charge in [-0.05, 0) is 39.5 Å². The van der Waals surface area contributed by atoms with Gasteiger partial charge in [0.05, 0.1) is 11.6 Å². The first-order valence-corrected chi connectivity index (χ1v) is 8.20. The molecule has 1 aromatic heterocycles. The minimum Gasteiger partial charge on any atom is -0.388 e. The Morgan fingerprint density at radius 2 is 2.14 bits per heavy atom. The van der Waals surface area contributed by atoms with E-state index >= 15 is 0 Å². The Labute approximate surface area is 131 Å². The Balaban J connectivity index is 2.36. The van der Waals surface area contributed by atoms with E-state index in [2.05, 4.69) is 29.5 Å². The summed E-state index contributed by atoms with van der Waals surface area (Å²) < 4.78 is 0. The molecule has 0 bridgehead atoms. The molecule has 0 aliphatic carbocycles. The van der Waals surface area contributed by atoms with E-state index in [4.69, 9.17) is 0 Å². The Morgan fingerprint density at radius 1 is 1.48 bits per heavy atom. The minimum atomic E-state index is -0.872. The topological polar surface area (TPSA) is 74.2 Å². The fourth-order valence-corrected chi connectivity index (χ4v) is 2.62. The molecule has 2 unspecified atom stereocenters. The van der Waals surface area contributed by atoms with Crippen molar-refractivity contribution in [3.05, 3.63) is 16.1 Å². The molecule has 0 radical (unpaired) electrons. The van der Waals surface area contributed by atoms with E-state index in [1.165, 1.54) is 0 Å². The molecule has 120 valence electrons. The van der Waals surface area contributed by atoms with Crippen molar-refractivity contribution in [2.45, 2.75) is 59.1 Å². The SMILES string of the molecule is Cc1cnc(C(C)NC(=O)NCC(C)(O)CCC(C)C)s1. The van der Waals surface area contributed by atoms with Gasteiger partial charge in [0.1, 0.15) is 5.01 Å². The summed E-state index contributed by atoms with van der Waals surface area (Å²) in [4.78, 5) is 17.2. The predicted octanol–water partition coefficient (Wildman–Crippen LogP) is 3.00. The number of amides is 2. The number of aliphatic hydroxyl groups is 1. The van der Waals surface area contributed by atoms with Crippen LogP contribution in [-0.2, 0) is 0 Å². The van der Waals surface area contributed by atoms with Crippen molar-refractivity contribution in [2.24, 2.45) is 5.92 Å². The number of aryl methyl sites for hydroxylation is 1. The number of nitrogens with one attached hydrogen (secondary N) is 2. The summed E-state index contributed by atoms with van der Waals surface area (Å²) >= 11 is 1.57. The second-order valence-corrected chi connectivity index (χ2v) is 7.55. The third-order valence-corrected chi connectivity index (χ3v) is 4.34. The molecular weight excluding hydrogens is 286 g/mol. The van der Waals surface area contributed by atoms with Crippen molar-refractivity contribution in [3.8, 4) is 0 Å². The Morgan fingerprint density at radius 3 is 2.67 bits per heavy atom. The van der Waals surface area contributed by atoms with E-state index in [-0.39, 0.29) is 18.6 Å². The van der Waals surface area contributed by atoms with Crippen molar-refractivity contribution in [1.82, 2.24) is 15.6 Å².